The second-order valence-corrected chi connectivity index (χ2v) is 5.96. The normalized spacial score (nSPS) is 13.7. The number of pyridine rings is 1. The molecule has 112 valence electrons. The molecule has 0 aliphatic carbocycles. The fraction of sp³-hybridized carbons (Fsp3) is 0.188. The van der Waals surface area contributed by atoms with Crippen molar-refractivity contribution in [3.05, 3.63) is 52.8 Å². The van der Waals surface area contributed by atoms with Gasteiger partial charge in [-0.25, -0.2) is 0 Å². The largest absolute Gasteiger partial charge is 0.323 e. The standard InChI is InChI=1S/C16H14BrN3O2/c17-12-4-5-14-11(8-12)3-6-16(22)20(14)10-15(21)19-13-2-1-7-18-9-13/h1-2,4-5,7-9H,3,6,10H2,(H,19,21). The summed E-state index contributed by atoms with van der Waals surface area (Å²) in [4.78, 5) is 29.8. The topological polar surface area (TPSA) is 62.3 Å². The molecule has 0 fully saturated rings. The molecule has 0 saturated heterocycles. The summed E-state index contributed by atoms with van der Waals surface area (Å²) in [5.74, 6) is -0.270. The van der Waals surface area contributed by atoms with Crippen LogP contribution in [0.15, 0.2) is 47.2 Å². The molecule has 2 amide bonds. The first-order valence-corrected chi connectivity index (χ1v) is 7.71. The Morgan fingerprint density at radius 2 is 2.18 bits per heavy atom. The number of aromatic nitrogens is 1. The van der Waals surface area contributed by atoms with Crippen LogP contribution >= 0.6 is 15.9 Å². The van der Waals surface area contributed by atoms with Gasteiger partial charge in [0.05, 0.1) is 11.9 Å². The number of carbonyl (C=O) groups is 2. The van der Waals surface area contributed by atoms with Crippen LogP contribution in [-0.4, -0.2) is 23.3 Å². The van der Waals surface area contributed by atoms with Crippen LogP contribution in [-0.2, 0) is 16.0 Å². The van der Waals surface area contributed by atoms with Gasteiger partial charge in [0.15, 0.2) is 0 Å². The quantitative estimate of drug-likeness (QED) is 0.916. The minimum absolute atomic E-state index is 0.00234. The van der Waals surface area contributed by atoms with E-state index in [1.54, 1.807) is 24.5 Å². The van der Waals surface area contributed by atoms with Crippen molar-refractivity contribution in [2.75, 3.05) is 16.8 Å². The molecule has 6 heteroatoms. The molecule has 5 nitrogen and oxygen atoms in total. The lowest BCUT2D eigenvalue weighted by Gasteiger charge is -2.29. The van der Waals surface area contributed by atoms with E-state index in [-0.39, 0.29) is 18.4 Å². The molecular formula is C16H14BrN3O2. The number of amides is 2. The van der Waals surface area contributed by atoms with E-state index in [1.807, 2.05) is 18.2 Å². The van der Waals surface area contributed by atoms with Crippen molar-refractivity contribution in [1.82, 2.24) is 4.98 Å². The van der Waals surface area contributed by atoms with E-state index >= 15 is 0 Å². The lowest BCUT2D eigenvalue weighted by Crippen LogP contribution is -2.40. The van der Waals surface area contributed by atoms with Gasteiger partial charge >= 0.3 is 0 Å². The van der Waals surface area contributed by atoms with E-state index in [9.17, 15) is 9.59 Å². The first kappa shape index (κ1) is 14.7. The van der Waals surface area contributed by atoms with Crippen LogP contribution in [0.1, 0.15) is 12.0 Å². The molecule has 1 N–H and O–H groups in total. The summed E-state index contributed by atoms with van der Waals surface area (Å²) < 4.78 is 0.973. The van der Waals surface area contributed by atoms with Crippen molar-refractivity contribution in [3.63, 3.8) is 0 Å². The number of hydrogen-bond donors (Lipinski definition) is 1. The summed E-state index contributed by atoms with van der Waals surface area (Å²) in [6, 6.07) is 9.24. The molecule has 1 aromatic carbocycles. The van der Waals surface area contributed by atoms with Crippen LogP contribution in [0, 0.1) is 0 Å². The molecule has 2 aromatic rings. The monoisotopic (exact) mass is 359 g/mol. The van der Waals surface area contributed by atoms with Crippen molar-refractivity contribution >= 4 is 39.1 Å². The molecule has 22 heavy (non-hydrogen) atoms. The van der Waals surface area contributed by atoms with E-state index in [0.717, 1.165) is 15.7 Å². The number of nitrogens with one attached hydrogen (secondary N) is 1. The van der Waals surface area contributed by atoms with Crippen LogP contribution in [0.5, 0.6) is 0 Å². The Morgan fingerprint density at radius 1 is 1.32 bits per heavy atom. The third-order valence-corrected chi connectivity index (χ3v) is 3.98. The van der Waals surface area contributed by atoms with E-state index in [1.165, 1.54) is 4.90 Å². The van der Waals surface area contributed by atoms with Crippen molar-refractivity contribution in [2.24, 2.45) is 0 Å². The van der Waals surface area contributed by atoms with Gasteiger partial charge in [-0.2, -0.15) is 0 Å². The second kappa shape index (κ2) is 6.27. The minimum atomic E-state index is -0.239. The number of benzene rings is 1. The Kier molecular flexibility index (Phi) is 4.20. The molecule has 0 radical (unpaired) electrons. The number of nitrogens with zero attached hydrogens (tertiary/aromatic N) is 2. The summed E-state index contributed by atoms with van der Waals surface area (Å²) >= 11 is 3.43. The maximum atomic E-state index is 12.2. The lowest BCUT2D eigenvalue weighted by molar-refractivity contribution is -0.121. The van der Waals surface area contributed by atoms with Gasteiger partial charge < -0.3 is 10.2 Å². The smallest absolute Gasteiger partial charge is 0.244 e. The van der Waals surface area contributed by atoms with Crippen molar-refractivity contribution < 1.29 is 9.59 Å². The van der Waals surface area contributed by atoms with Crippen LogP contribution in [0.2, 0.25) is 0 Å². The average molecular weight is 360 g/mol. The van der Waals surface area contributed by atoms with Crippen LogP contribution in [0.4, 0.5) is 11.4 Å². The fourth-order valence-corrected chi connectivity index (χ4v) is 2.89. The molecule has 0 atom stereocenters. The summed E-state index contributed by atoms with van der Waals surface area (Å²) in [5.41, 5.74) is 2.50. The van der Waals surface area contributed by atoms with Crippen LogP contribution < -0.4 is 10.2 Å². The Labute approximate surface area is 136 Å². The zero-order chi connectivity index (χ0) is 15.5. The Balaban J connectivity index is 1.77. The molecular weight excluding hydrogens is 346 g/mol. The molecule has 0 unspecified atom stereocenters. The highest BCUT2D eigenvalue weighted by Gasteiger charge is 2.26. The average Bonchev–Trinajstić information content (AvgIpc) is 2.51. The first-order valence-electron chi connectivity index (χ1n) is 6.92. The van der Waals surface area contributed by atoms with Gasteiger partial charge in [0.2, 0.25) is 11.8 Å². The summed E-state index contributed by atoms with van der Waals surface area (Å²) in [6.45, 7) is 0.00234. The van der Waals surface area contributed by atoms with E-state index in [2.05, 4.69) is 26.2 Å². The molecule has 2 heterocycles. The fourth-order valence-electron chi connectivity index (χ4n) is 2.48. The molecule has 3 rings (SSSR count). The predicted molar refractivity (Wildman–Crippen MR) is 87.7 cm³/mol. The minimum Gasteiger partial charge on any atom is -0.323 e. The van der Waals surface area contributed by atoms with Gasteiger partial charge in [0, 0.05) is 22.8 Å². The third-order valence-electron chi connectivity index (χ3n) is 3.49. The molecule has 1 aromatic heterocycles. The highest BCUT2D eigenvalue weighted by atomic mass is 79.9. The van der Waals surface area contributed by atoms with Gasteiger partial charge in [-0.1, -0.05) is 15.9 Å². The van der Waals surface area contributed by atoms with E-state index < -0.39 is 0 Å². The van der Waals surface area contributed by atoms with Crippen molar-refractivity contribution in [2.45, 2.75) is 12.8 Å². The Bertz CT molecular complexity index is 719. The van der Waals surface area contributed by atoms with Gasteiger partial charge in [-0.3, -0.25) is 14.6 Å². The number of halogens is 1. The van der Waals surface area contributed by atoms with Crippen LogP contribution in [0.3, 0.4) is 0 Å². The van der Waals surface area contributed by atoms with Crippen LogP contribution in [0.25, 0.3) is 0 Å². The highest BCUT2D eigenvalue weighted by molar-refractivity contribution is 9.10. The SMILES string of the molecule is O=C(CN1C(=O)CCc2cc(Br)ccc21)Nc1cccnc1. The molecule has 0 spiro atoms. The summed E-state index contributed by atoms with van der Waals surface area (Å²) in [6.07, 6.45) is 4.33. The predicted octanol–water partition coefficient (Wildman–Crippen LogP) is 2.76. The number of fused-ring (bicyclic) bond motifs is 1. The zero-order valence-corrected chi connectivity index (χ0v) is 13.3. The number of hydrogen-bond acceptors (Lipinski definition) is 3. The Hall–Kier alpha value is -2.21. The van der Waals surface area contributed by atoms with Gasteiger partial charge in [0.1, 0.15) is 6.54 Å². The maximum Gasteiger partial charge on any atom is 0.244 e. The summed E-state index contributed by atoms with van der Waals surface area (Å²) in [5, 5.41) is 2.75. The number of anilines is 2. The van der Waals surface area contributed by atoms with Gasteiger partial charge in [0.25, 0.3) is 0 Å². The van der Waals surface area contributed by atoms with Gasteiger partial charge in [-0.15, -0.1) is 0 Å². The zero-order valence-electron chi connectivity index (χ0n) is 11.8. The maximum absolute atomic E-state index is 12.2. The van der Waals surface area contributed by atoms with Crippen molar-refractivity contribution in [1.29, 1.82) is 0 Å². The molecule has 1 aliphatic heterocycles. The highest BCUT2D eigenvalue weighted by Crippen LogP contribution is 2.30. The summed E-state index contributed by atoms with van der Waals surface area (Å²) in [7, 11) is 0. The van der Waals surface area contributed by atoms with E-state index in [4.69, 9.17) is 0 Å². The van der Waals surface area contributed by atoms with Crippen molar-refractivity contribution in [3.8, 4) is 0 Å². The molecule has 1 aliphatic rings. The number of carbonyl (C=O) groups excluding carboxylic acids is 2. The lowest BCUT2D eigenvalue weighted by atomic mass is 10.0. The third kappa shape index (κ3) is 3.17. The molecule has 0 bridgehead atoms. The van der Waals surface area contributed by atoms with Gasteiger partial charge in [-0.05, 0) is 42.3 Å². The first-order chi connectivity index (χ1) is 10.6. The second-order valence-electron chi connectivity index (χ2n) is 5.04. The number of aryl methyl sites for hydroxylation is 1. The molecule has 0 saturated carbocycles. The number of rotatable bonds is 3. The Morgan fingerprint density at radius 3 is 2.95 bits per heavy atom. The van der Waals surface area contributed by atoms with E-state index in [0.29, 0.717) is 18.5 Å².